The van der Waals surface area contributed by atoms with Crippen LogP contribution in [-0.4, -0.2) is 49.1 Å². The van der Waals surface area contributed by atoms with E-state index < -0.39 is 15.6 Å². The molecule has 0 unspecified atom stereocenters. The molecular weight excluding hydrogens is 294 g/mol. The summed E-state index contributed by atoms with van der Waals surface area (Å²) in [5, 5.41) is 0.337. The van der Waals surface area contributed by atoms with Crippen molar-refractivity contribution in [1.29, 1.82) is 0 Å². The summed E-state index contributed by atoms with van der Waals surface area (Å²) in [5.74, 6) is 0. The van der Waals surface area contributed by atoms with Crippen molar-refractivity contribution >= 4 is 26.0 Å². The lowest BCUT2D eigenvalue weighted by molar-refractivity contribution is 0.0966. The Hall–Kier alpha value is 0.350. The van der Waals surface area contributed by atoms with Gasteiger partial charge in [-0.3, -0.25) is 0 Å². The maximum atomic E-state index is 12.3. The number of sulfonamides is 1. The van der Waals surface area contributed by atoms with Gasteiger partial charge in [0.2, 0.25) is 10.0 Å². The van der Waals surface area contributed by atoms with Crippen LogP contribution in [0.4, 0.5) is 0 Å². The summed E-state index contributed by atoms with van der Waals surface area (Å²) in [7, 11) is -1.55. The zero-order valence-corrected chi connectivity index (χ0v) is 12.5. The van der Waals surface area contributed by atoms with Gasteiger partial charge < -0.3 is 4.74 Å². The summed E-state index contributed by atoms with van der Waals surface area (Å²) in [5.41, 5.74) is -0.392. The fourth-order valence-electron chi connectivity index (χ4n) is 1.63. The second-order valence-electron chi connectivity index (χ2n) is 4.77. The highest BCUT2D eigenvalue weighted by atomic mass is 79.9. The van der Waals surface area contributed by atoms with Gasteiger partial charge in [0.15, 0.2) is 0 Å². The molecule has 6 heteroatoms. The van der Waals surface area contributed by atoms with Crippen LogP contribution in [0.15, 0.2) is 0 Å². The smallest absolute Gasteiger partial charge is 0.217 e. The van der Waals surface area contributed by atoms with Gasteiger partial charge in [-0.05, 0) is 26.7 Å². The molecule has 0 aromatic carbocycles. The van der Waals surface area contributed by atoms with Gasteiger partial charge in [0.25, 0.3) is 0 Å². The van der Waals surface area contributed by atoms with Crippen molar-refractivity contribution in [2.24, 2.45) is 0 Å². The van der Waals surface area contributed by atoms with Crippen LogP contribution in [0, 0.1) is 0 Å². The lowest BCUT2D eigenvalue weighted by Crippen LogP contribution is -2.50. The van der Waals surface area contributed by atoms with E-state index in [1.807, 2.05) is 13.8 Å². The zero-order valence-electron chi connectivity index (χ0n) is 10.1. The van der Waals surface area contributed by atoms with Gasteiger partial charge in [0, 0.05) is 31.1 Å². The van der Waals surface area contributed by atoms with Crippen molar-refractivity contribution < 1.29 is 13.2 Å². The first kappa shape index (κ1) is 14.4. The molecule has 0 spiro atoms. The highest BCUT2D eigenvalue weighted by Crippen LogP contribution is 2.25. The van der Waals surface area contributed by atoms with Crippen molar-refractivity contribution in [2.75, 3.05) is 25.6 Å². The van der Waals surface area contributed by atoms with Crippen LogP contribution in [0.5, 0.6) is 0 Å². The molecule has 1 heterocycles. The van der Waals surface area contributed by atoms with Gasteiger partial charge in [0.05, 0.1) is 5.25 Å². The predicted octanol–water partition coefficient (Wildman–Crippen LogP) is 1.60. The third kappa shape index (κ3) is 2.97. The third-order valence-corrected chi connectivity index (χ3v) is 7.09. The minimum atomic E-state index is -3.21. The largest absolute Gasteiger partial charge is 0.381 e. The fourth-order valence-corrected chi connectivity index (χ4v) is 4.16. The molecule has 0 aliphatic carbocycles. The van der Waals surface area contributed by atoms with E-state index in [1.54, 1.807) is 7.05 Å². The quantitative estimate of drug-likeness (QED) is 0.741. The second kappa shape index (κ2) is 5.33. The van der Waals surface area contributed by atoms with Gasteiger partial charge in [-0.25, -0.2) is 8.42 Å². The van der Waals surface area contributed by atoms with Gasteiger partial charge in [-0.15, -0.1) is 0 Å². The lowest BCUT2D eigenvalue weighted by atomic mass is 10.1. The first-order valence-electron chi connectivity index (χ1n) is 5.44. The minimum Gasteiger partial charge on any atom is -0.381 e. The number of halogens is 1. The summed E-state index contributed by atoms with van der Waals surface area (Å²) in [6, 6.07) is 0. The molecule has 0 aromatic heterocycles. The Morgan fingerprint density at radius 3 is 2.31 bits per heavy atom. The molecule has 16 heavy (non-hydrogen) atoms. The molecule has 0 aromatic rings. The molecule has 4 nitrogen and oxygen atoms in total. The molecule has 0 amide bonds. The van der Waals surface area contributed by atoms with Crippen molar-refractivity contribution in [1.82, 2.24) is 4.31 Å². The summed E-state index contributed by atoms with van der Waals surface area (Å²) < 4.78 is 31.4. The topological polar surface area (TPSA) is 46.6 Å². The predicted molar refractivity (Wildman–Crippen MR) is 68.4 cm³/mol. The number of rotatable bonds is 4. The van der Waals surface area contributed by atoms with Gasteiger partial charge in [-0.1, -0.05) is 15.9 Å². The Bertz CT molecular complexity index is 323. The van der Waals surface area contributed by atoms with Gasteiger partial charge in [-0.2, -0.15) is 4.31 Å². The maximum absolute atomic E-state index is 12.3. The lowest BCUT2D eigenvalue weighted by Gasteiger charge is -2.36. The summed E-state index contributed by atoms with van der Waals surface area (Å²) in [6.07, 6.45) is 1.20. The molecule has 1 rings (SSSR count). The van der Waals surface area contributed by atoms with Crippen LogP contribution in [0.2, 0.25) is 0 Å². The monoisotopic (exact) mass is 313 g/mol. The summed E-state index contributed by atoms with van der Waals surface area (Å²) in [4.78, 5) is 0. The van der Waals surface area contributed by atoms with Gasteiger partial charge >= 0.3 is 0 Å². The molecular formula is C10H20BrNO3S. The number of ether oxygens (including phenoxy) is 1. The molecule has 96 valence electrons. The van der Waals surface area contributed by atoms with Crippen molar-refractivity contribution in [3.63, 3.8) is 0 Å². The van der Waals surface area contributed by atoms with Crippen molar-refractivity contribution in [3.05, 3.63) is 0 Å². The highest BCUT2D eigenvalue weighted by molar-refractivity contribution is 9.09. The molecule has 0 atom stereocenters. The molecule has 0 N–H and O–H groups in total. The number of hydrogen-bond donors (Lipinski definition) is 0. The third-order valence-electron chi connectivity index (χ3n) is 3.15. The SMILES string of the molecule is CN(C(C)(C)CBr)S(=O)(=O)C1CCOCC1. The Balaban J connectivity index is 2.84. The maximum Gasteiger partial charge on any atom is 0.217 e. The summed E-state index contributed by atoms with van der Waals surface area (Å²) in [6.45, 7) is 4.93. The van der Waals surface area contributed by atoms with Crippen LogP contribution in [-0.2, 0) is 14.8 Å². The van der Waals surface area contributed by atoms with Crippen LogP contribution in [0.3, 0.4) is 0 Å². The van der Waals surface area contributed by atoms with Crippen molar-refractivity contribution in [2.45, 2.75) is 37.5 Å². The highest BCUT2D eigenvalue weighted by Gasteiger charge is 2.38. The van der Waals surface area contributed by atoms with Crippen LogP contribution in [0.25, 0.3) is 0 Å². The minimum absolute atomic E-state index is 0.287. The van der Waals surface area contributed by atoms with Gasteiger partial charge in [0.1, 0.15) is 0 Å². The zero-order chi connectivity index (χ0) is 12.4. The second-order valence-corrected chi connectivity index (χ2v) is 7.58. The number of hydrogen-bond acceptors (Lipinski definition) is 3. The number of nitrogens with zero attached hydrogens (tertiary/aromatic N) is 1. The first-order chi connectivity index (χ1) is 7.32. The van der Waals surface area contributed by atoms with Crippen LogP contribution < -0.4 is 0 Å². The normalized spacial score (nSPS) is 20.3. The molecule has 0 bridgehead atoms. The Labute approximate surface area is 107 Å². The first-order valence-corrected chi connectivity index (χ1v) is 8.06. The average Bonchev–Trinajstić information content (AvgIpc) is 2.29. The molecule has 1 aliphatic heterocycles. The Kier molecular flexibility index (Phi) is 4.80. The fraction of sp³-hybridized carbons (Fsp3) is 1.00. The van der Waals surface area contributed by atoms with E-state index in [2.05, 4.69) is 15.9 Å². The van der Waals surface area contributed by atoms with Crippen LogP contribution >= 0.6 is 15.9 Å². The molecule has 1 aliphatic rings. The van der Waals surface area contributed by atoms with E-state index in [4.69, 9.17) is 4.74 Å². The molecule has 1 saturated heterocycles. The standard InChI is InChI=1S/C10H20BrNO3S/c1-10(2,8-11)12(3)16(13,14)9-4-6-15-7-5-9/h9H,4-8H2,1-3H3. The molecule has 0 saturated carbocycles. The summed E-state index contributed by atoms with van der Waals surface area (Å²) >= 11 is 3.36. The van der Waals surface area contributed by atoms with Crippen molar-refractivity contribution in [3.8, 4) is 0 Å². The molecule has 0 radical (unpaired) electrons. The van der Waals surface area contributed by atoms with E-state index >= 15 is 0 Å². The molecule has 1 fully saturated rings. The Morgan fingerprint density at radius 2 is 1.88 bits per heavy atom. The van der Waals surface area contributed by atoms with E-state index in [1.165, 1.54) is 4.31 Å². The van der Waals surface area contributed by atoms with Crippen LogP contribution in [0.1, 0.15) is 26.7 Å². The number of alkyl halides is 1. The van der Waals surface area contributed by atoms with E-state index in [0.29, 0.717) is 31.4 Å². The van der Waals surface area contributed by atoms with E-state index in [-0.39, 0.29) is 5.25 Å². The van der Waals surface area contributed by atoms with E-state index in [9.17, 15) is 8.42 Å². The van der Waals surface area contributed by atoms with E-state index in [0.717, 1.165) is 0 Å². The average molecular weight is 314 g/mol. The Morgan fingerprint density at radius 1 is 1.38 bits per heavy atom.